The SMILES string of the molecule is CCCCOC(=O)c1cccc(NS(=O)(=O)c2ccccc2)c1. The van der Waals surface area contributed by atoms with Crippen LogP contribution in [0.15, 0.2) is 59.5 Å². The largest absolute Gasteiger partial charge is 0.462 e. The van der Waals surface area contributed by atoms with Crippen LogP contribution in [0.1, 0.15) is 30.1 Å². The maximum Gasteiger partial charge on any atom is 0.338 e. The molecular formula is C17H19NO4S. The first-order valence-corrected chi connectivity index (χ1v) is 8.86. The Hall–Kier alpha value is -2.34. The molecule has 0 aliphatic carbocycles. The summed E-state index contributed by atoms with van der Waals surface area (Å²) in [6, 6.07) is 14.3. The average Bonchev–Trinajstić information content (AvgIpc) is 2.55. The summed E-state index contributed by atoms with van der Waals surface area (Å²) in [5, 5.41) is 0. The maximum atomic E-state index is 12.3. The number of esters is 1. The Morgan fingerprint density at radius 3 is 2.52 bits per heavy atom. The van der Waals surface area contributed by atoms with Gasteiger partial charge in [-0.25, -0.2) is 13.2 Å². The number of sulfonamides is 1. The smallest absolute Gasteiger partial charge is 0.338 e. The molecule has 2 rings (SSSR count). The molecule has 0 unspecified atom stereocenters. The highest BCUT2D eigenvalue weighted by Gasteiger charge is 2.15. The van der Waals surface area contributed by atoms with E-state index in [1.165, 1.54) is 18.2 Å². The molecule has 0 aliphatic rings. The van der Waals surface area contributed by atoms with Crippen molar-refractivity contribution in [1.82, 2.24) is 0 Å². The zero-order chi connectivity index (χ0) is 16.7. The van der Waals surface area contributed by atoms with Crippen LogP contribution < -0.4 is 4.72 Å². The van der Waals surface area contributed by atoms with Crippen molar-refractivity contribution in [3.63, 3.8) is 0 Å². The van der Waals surface area contributed by atoms with Gasteiger partial charge in [-0.1, -0.05) is 37.6 Å². The molecule has 23 heavy (non-hydrogen) atoms. The first-order valence-electron chi connectivity index (χ1n) is 7.38. The molecule has 0 aliphatic heterocycles. The number of unbranched alkanes of at least 4 members (excludes halogenated alkanes) is 1. The molecule has 0 spiro atoms. The van der Waals surface area contributed by atoms with Gasteiger partial charge in [0.2, 0.25) is 0 Å². The Morgan fingerprint density at radius 1 is 1.09 bits per heavy atom. The molecule has 2 aromatic rings. The Labute approximate surface area is 136 Å². The lowest BCUT2D eigenvalue weighted by Gasteiger charge is -2.09. The van der Waals surface area contributed by atoms with E-state index < -0.39 is 16.0 Å². The fourth-order valence-corrected chi connectivity index (χ4v) is 2.99. The summed E-state index contributed by atoms with van der Waals surface area (Å²) < 4.78 is 32.1. The van der Waals surface area contributed by atoms with E-state index in [9.17, 15) is 13.2 Å². The molecule has 0 saturated heterocycles. The number of nitrogens with one attached hydrogen (secondary N) is 1. The van der Waals surface area contributed by atoms with Crippen LogP contribution in [0.4, 0.5) is 5.69 Å². The molecule has 0 radical (unpaired) electrons. The second-order valence-electron chi connectivity index (χ2n) is 4.99. The van der Waals surface area contributed by atoms with Gasteiger partial charge in [0.05, 0.1) is 17.1 Å². The minimum absolute atomic E-state index is 0.163. The average molecular weight is 333 g/mol. The second-order valence-corrected chi connectivity index (χ2v) is 6.67. The second kappa shape index (κ2) is 7.78. The lowest BCUT2D eigenvalue weighted by molar-refractivity contribution is 0.0500. The number of hydrogen-bond donors (Lipinski definition) is 1. The monoisotopic (exact) mass is 333 g/mol. The predicted octanol–water partition coefficient (Wildman–Crippen LogP) is 3.44. The molecule has 2 aromatic carbocycles. The minimum Gasteiger partial charge on any atom is -0.462 e. The fraction of sp³-hybridized carbons (Fsp3) is 0.235. The third-order valence-corrected chi connectivity index (χ3v) is 4.53. The number of carbonyl (C=O) groups excluding carboxylic acids is 1. The number of ether oxygens (including phenoxy) is 1. The van der Waals surface area contributed by atoms with Gasteiger partial charge in [0.25, 0.3) is 10.0 Å². The summed E-state index contributed by atoms with van der Waals surface area (Å²) >= 11 is 0. The van der Waals surface area contributed by atoms with Crippen LogP contribution in [-0.4, -0.2) is 21.0 Å². The van der Waals surface area contributed by atoms with E-state index in [1.807, 2.05) is 6.92 Å². The van der Waals surface area contributed by atoms with E-state index in [-0.39, 0.29) is 4.90 Å². The first-order chi connectivity index (χ1) is 11.0. The molecule has 0 atom stereocenters. The standard InChI is InChI=1S/C17H19NO4S/c1-2-3-12-22-17(19)14-8-7-9-15(13-14)18-23(20,21)16-10-5-4-6-11-16/h4-11,13,18H,2-3,12H2,1H3. The zero-order valence-electron chi connectivity index (χ0n) is 12.9. The summed E-state index contributed by atoms with van der Waals surface area (Å²) in [6.45, 7) is 2.36. The Kier molecular flexibility index (Phi) is 5.76. The Bertz CT molecular complexity index is 757. The van der Waals surface area contributed by atoms with Crippen LogP contribution >= 0.6 is 0 Å². The topological polar surface area (TPSA) is 72.5 Å². The van der Waals surface area contributed by atoms with Crippen molar-refractivity contribution in [1.29, 1.82) is 0 Å². The van der Waals surface area contributed by atoms with E-state index >= 15 is 0 Å². The van der Waals surface area contributed by atoms with E-state index in [1.54, 1.807) is 36.4 Å². The molecule has 0 amide bonds. The zero-order valence-corrected chi connectivity index (χ0v) is 13.7. The summed E-state index contributed by atoms with van der Waals surface area (Å²) in [4.78, 5) is 12.1. The maximum absolute atomic E-state index is 12.3. The summed E-state index contributed by atoms with van der Waals surface area (Å²) in [5.41, 5.74) is 0.633. The van der Waals surface area contributed by atoms with Crippen molar-refractivity contribution >= 4 is 21.7 Å². The molecule has 6 heteroatoms. The van der Waals surface area contributed by atoms with Crippen LogP contribution in [0.25, 0.3) is 0 Å². The van der Waals surface area contributed by atoms with Crippen LogP contribution in [0.5, 0.6) is 0 Å². The Balaban J connectivity index is 2.12. The molecule has 0 aromatic heterocycles. The van der Waals surface area contributed by atoms with Crippen LogP contribution in [0.2, 0.25) is 0 Å². The number of rotatable bonds is 7. The van der Waals surface area contributed by atoms with Crippen molar-refractivity contribution < 1.29 is 17.9 Å². The first kappa shape index (κ1) is 17.0. The molecule has 0 bridgehead atoms. The van der Waals surface area contributed by atoms with Gasteiger partial charge >= 0.3 is 5.97 Å². The number of carbonyl (C=O) groups is 1. The Morgan fingerprint density at radius 2 is 1.83 bits per heavy atom. The normalized spacial score (nSPS) is 11.0. The van der Waals surface area contributed by atoms with Crippen molar-refractivity contribution in [2.45, 2.75) is 24.7 Å². The summed E-state index contributed by atoms with van der Waals surface area (Å²) in [7, 11) is -3.68. The van der Waals surface area contributed by atoms with Gasteiger partial charge in [-0.2, -0.15) is 0 Å². The molecular weight excluding hydrogens is 314 g/mol. The van der Waals surface area contributed by atoms with Crippen LogP contribution in [0.3, 0.4) is 0 Å². The molecule has 0 saturated carbocycles. The van der Waals surface area contributed by atoms with Gasteiger partial charge in [0.1, 0.15) is 0 Å². The summed E-state index contributed by atoms with van der Waals surface area (Å²) in [5.74, 6) is -0.459. The number of benzene rings is 2. The molecule has 1 N–H and O–H groups in total. The van der Waals surface area contributed by atoms with Crippen molar-refractivity contribution in [3.8, 4) is 0 Å². The van der Waals surface area contributed by atoms with Crippen molar-refractivity contribution in [2.75, 3.05) is 11.3 Å². The van der Waals surface area contributed by atoms with Gasteiger partial charge in [0, 0.05) is 5.69 Å². The molecule has 5 nitrogen and oxygen atoms in total. The predicted molar refractivity (Wildman–Crippen MR) is 88.9 cm³/mol. The quantitative estimate of drug-likeness (QED) is 0.622. The third kappa shape index (κ3) is 4.82. The highest BCUT2D eigenvalue weighted by molar-refractivity contribution is 7.92. The van der Waals surface area contributed by atoms with Crippen molar-refractivity contribution in [2.24, 2.45) is 0 Å². The number of anilines is 1. The fourth-order valence-electron chi connectivity index (χ4n) is 1.92. The van der Waals surface area contributed by atoms with E-state index in [2.05, 4.69) is 4.72 Å². The van der Waals surface area contributed by atoms with Gasteiger partial charge in [0.15, 0.2) is 0 Å². The van der Waals surface area contributed by atoms with Gasteiger partial charge in [-0.05, 0) is 36.8 Å². The van der Waals surface area contributed by atoms with E-state index in [0.717, 1.165) is 12.8 Å². The highest BCUT2D eigenvalue weighted by Crippen LogP contribution is 2.17. The summed E-state index contributed by atoms with van der Waals surface area (Å²) in [6.07, 6.45) is 1.73. The van der Waals surface area contributed by atoms with Crippen molar-refractivity contribution in [3.05, 3.63) is 60.2 Å². The lowest BCUT2D eigenvalue weighted by Crippen LogP contribution is -2.13. The molecule has 122 valence electrons. The third-order valence-electron chi connectivity index (χ3n) is 3.14. The van der Waals surface area contributed by atoms with E-state index in [4.69, 9.17) is 4.74 Å². The lowest BCUT2D eigenvalue weighted by atomic mass is 10.2. The number of hydrogen-bond acceptors (Lipinski definition) is 4. The van der Waals surface area contributed by atoms with Gasteiger partial charge in [-0.15, -0.1) is 0 Å². The van der Waals surface area contributed by atoms with Gasteiger partial charge < -0.3 is 4.74 Å². The minimum atomic E-state index is -3.68. The van der Waals surface area contributed by atoms with Crippen LogP contribution in [-0.2, 0) is 14.8 Å². The van der Waals surface area contributed by atoms with Crippen LogP contribution in [0, 0.1) is 0 Å². The highest BCUT2D eigenvalue weighted by atomic mass is 32.2. The molecule has 0 heterocycles. The van der Waals surface area contributed by atoms with E-state index in [0.29, 0.717) is 17.9 Å². The molecule has 0 fully saturated rings. The van der Waals surface area contributed by atoms with Gasteiger partial charge in [-0.3, -0.25) is 4.72 Å².